The van der Waals surface area contributed by atoms with Crippen molar-refractivity contribution < 1.29 is 48.1 Å². The SMILES string of the molecule is COCCN(CC(=O)N(CC(=O)N(CCOC)CC(=O)NC(C(=O)NC(Cc1ccccc1)C(=O)NC(C)C(N)=O)C(C)O)Cc1ccccc1)C(C)=O. The lowest BCUT2D eigenvalue weighted by molar-refractivity contribution is -0.145. The van der Waals surface area contributed by atoms with Gasteiger partial charge in [0.2, 0.25) is 41.4 Å². The van der Waals surface area contributed by atoms with Crippen molar-refractivity contribution in [2.75, 3.05) is 60.2 Å². The molecule has 0 bridgehead atoms. The van der Waals surface area contributed by atoms with E-state index in [-0.39, 0.29) is 51.7 Å². The first-order chi connectivity index (χ1) is 25.7. The van der Waals surface area contributed by atoms with Crippen LogP contribution in [0.5, 0.6) is 0 Å². The third-order valence-electron chi connectivity index (χ3n) is 8.27. The van der Waals surface area contributed by atoms with Crippen LogP contribution in [-0.4, -0.2) is 146 Å². The van der Waals surface area contributed by atoms with Crippen LogP contribution in [0.4, 0.5) is 0 Å². The Bertz CT molecular complexity index is 1540. The zero-order valence-electron chi connectivity index (χ0n) is 31.5. The van der Waals surface area contributed by atoms with Crippen LogP contribution in [0.15, 0.2) is 60.7 Å². The van der Waals surface area contributed by atoms with E-state index in [1.54, 1.807) is 60.7 Å². The Hall–Kier alpha value is -5.39. The molecule has 7 amide bonds. The molecule has 0 aliphatic rings. The third-order valence-corrected chi connectivity index (χ3v) is 8.27. The van der Waals surface area contributed by atoms with Gasteiger partial charge < -0.3 is 51.0 Å². The fourth-order valence-corrected chi connectivity index (χ4v) is 5.11. The molecule has 0 spiro atoms. The number of nitrogens with zero attached hydrogens (tertiary/aromatic N) is 3. The number of primary amides is 1. The normalized spacial score (nSPS) is 13.0. The number of methoxy groups -OCH3 is 2. The van der Waals surface area contributed by atoms with E-state index < -0.39 is 72.8 Å². The van der Waals surface area contributed by atoms with Crippen molar-refractivity contribution in [1.82, 2.24) is 30.7 Å². The summed E-state index contributed by atoms with van der Waals surface area (Å²) in [6.07, 6.45) is -1.43. The largest absolute Gasteiger partial charge is 0.391 e. The van der Waals surface area contributed by atoms with Gasteiger partial charge in [0.15, 0.2) is 0 Å². The van der Waals surface area contributed by atoms with Gasteiger partial charge in [0.1, 0.15) is 24.7 Å². The van der Waals surface area contributed by atoms with Crippen LogP contribution in [-0.2, 0) is 56.0 Å². The highest BCUT2D eigenvalue weighted by Crippen LogP contribution is 2.09. The van der Waals surface area contributed by atoms with E-state index in [9.17, 15) is 38.7 Å². The number of nitrogens with two attached hydrogens (primary N) is 1. The minimum Gasteiger partial charge on any atom is -0.391 e. The lowest BCUT2D eigenvalue weighted by Crippen LogP contribution is -2.59. The number of hydrogen-bond acceptors (Lipinski definition) is 10. The number of nitrogens with one attached hydrogen (secondary N) is 3. The van der Waals surface area contributed by atoms with Crippen molar-refractivity contribution in [2.45, 2.75) is 58.0 Å². The molecular weight excluding hydrogens is 702 g/mol. The maximum Gasteiger partial charge on any atom is 0.245 e. The van der Waals surface area contributed by atoms with Crippen LogP contribution >= 0.6 is 0 Å². The molecule has 4 unspecified atom stereocenters. The molecule has 0 radical (unpaired) electrons. The fraction of sp³-hybridized carbons (Fsp3) is 0.486. The van der Waals surface area contributed by atoms with E-state index in [2.05, 4.69) is 16.0 Å². The Morgan fingerprint density at radius 1 is 0.704 bits per heavy atom. The third kappa shape index (κ3) is 15.7. The summed E-state index contributed by atoms with van der Waals surface area (Å²) in [4.78, 5) is 94.9. The van der Waals surface area contributed by atoms with Gasteiger partial charge in [-0.15, -0.1) is 0 Å². The molecule has 6 N–H and O–H groups in total. The van der Waals surface area contributed by atoms with Gasteiger partial charge in [-0.1, -0.05) is 60.7 Å². The highest BCUT2D eigenvalue weighted by atomic mass is 16.5. The molecule has 0 aromatic heterocycles. The lowest BCUT2D eigenvalue weighted by Gasteiger charge is -2.30. The summed E-state index contributed by atoms with van der Waals surface area (Å²) < 4.78 is 10.2. The Morgan fingerprint density at radius 2 is 1.22 bits per heavy atom. The van der Waals surface area contributed by atoms with E-state index in [1.165, 1.54) is 44.8 Å². The summed E-state index contributed by atoms with van der Waals surface area (Å²) in [5, 5.41) is 18.0. The molecule has 2 aromatic carbocycles. The summed E-state index contributed by atoms with van der Waals surface area (Å²) in [7, 11) is 2.88. The van der Waals surface area contributed by atoms with Crippen LogP contribution < -0.4 is 21.7 Å². The lowest BCUT2D eigenvalue weighted by atomic mass is 10.0. The van der Waals surface area contributed by atoms with Gasteiger partial charge >= 0.3 is 0 Å². The molecule has 0 fully saturated rings. The second kappa shape index (κ2) is 23.3. The molecule has 2 rings (SSSR count). The van der Waals surface area contributed by atoms with Crippen molar-refractivity contribution in [2.24, 2.45) is 5.73 Å². The van der Waals surface area contributed by atoms with E-state index in [4.69, 9.17) is 15.2 Å². The maximum absolute atomic E-state index is 13.8. The zero-order chi connectivity index (χ0) is 40.2. The summed E-state index contributed by atoms with van der Waals surface area (Å²) in [5.41, 5.74) is 6.70. The number of aliphatic hydroxyl groups is 1. The van der Waals surface area contributed by atoms with Gasteiger partial charge in [0.05, 0.1) is 32.4 Å². The van der Waals surface area contributed by atoms with Crippen LogP contribution in [0.25, 0.3) is 0 Å². The summed E-state index contributed by atoms with van der Waals surface area (Å²) in [5.74, 6) is -4.73. The van der Waals surface area contributed by atoms with Crippen LogP contribution in [0.1, 0.15) is 31.9 Å². The first-order valence-corrected chi connectivity index (χ1v) is 17.4. The molecule has 296 valence electrons. The van der Waals surface area contributed by atoms with Crippen molar-refractivity contribution in [1.29, 1.82) is 0 Å². The minimum atomic E-state index is -1.56. The monoisotopic (exact) mass is 755 g/mol. The highest BCUT2D eigenvalue weighted by molar-refractivity contribution is 5.95. The Labute approximate surface area is 315 Å². The van der Waals surface area contributed by atoms with Crippen LogP contribution in [0, 0.1) is 0 Å². The van der Waals surface area contributed by atoms with Crippen molar-refractivity contribution in [3.63, 3.8) is 0 Å². The molecule has 0 saturated heterocycles. The smallest absolute Gasteiger partial charge is 0.245 e. The molecule has 17 heteroatoms. The summed E-state index contributed by atoms with van der Waals surface area (Å²) in [6, 6.07) is 13.8. The van der Waals surface area contributed by atoms with Crippen molar-refractivity contribution in [3.8, 4) is 0 Å². The van der Waals surface area contributed by atoms with Gasteiger partial charge in [-0.3, -0.25) is 33.6 Å². The molecule has 0 aliphatic carbocycles. The van der Waals surface area contributed by atoms with E-state index in [0.717, 1.165) is 10.5 Å². The number of benzene rings is 2. The number of amides is 7. The standard InChI is InChI=1S/C37H53N7O10/c1-25(35(38)50)39-36(51)30(20-28-12-8-6-9-13-28)40-37(52)34(26(2)45)41-31(47)22-43(17-19-54-5)32(48)24-44(21-29-14-10-7-11-15-29)33(49)23-42(27(3)46)16-18-53-4/h6-15,25-26,30,34,45H,16-24H2,1-5H3,(H2,38,50)(H,39,51)(H,40,52)(H,41,47). The predicted octanol–water partition coefficient (Wildman–Crippen LogP) is -1.43. The number of ether oxygens (including phenoxy) is 2. The average Bonchev–Trinajstić information content (AvgIpc) is 3.13. The summed E-state index contributed by atoms with van der Waals surface area (Å²) >= 11 is 0. The number of rotatable bonds is 23. The maximum atomic E-state index is 13.8. The number of carbonyl (C=O) groups excluding carboxylic acids is 7. The first-order valence-electron chi connectivity index (χ1n) is 17.4. The second-order valence-electron chi connectivity index (χ2n) is 12.6. The number of hydrogen-bond donors (Lipinski definition) is 5. The summed E-state index contributed by atoms with van der Waals surface area (Å²) in [6.45, 7) is 2.99. The van der Waals surface area contributed by atoms with E-state index in [1.807, 2.05) is 0 Å². The topological polar surface area (TPSA) is 230 Å². The van der Waals surface area contributed by atoms with Gasteiger partial charge in [0.25, 0.3) is 0 Å². The molecule has 2 aromatic rings. The zero-order valence-corrected chi connectivity index (χ0v) is 31.5. The first kappa shape index (κ1) is 44.8. The predicted molar refractivity (Wildman–Crippen MR) is 197 cm³/mol. The quantitative estimate of drug-likeness (QED) is 0.0888. The van der Waals surface area contributed by atoms with Crippen LogP contribution in [0.2, 0.25) is 0 Å². The highest BCUT2D eigenvalue weighted by Gasteiger charge is 2.32. The molecule has 0 saturated carbocycles. The van der Waals surface area contributed by atoms with Gasteiger partial charge in [0, 0.05) is 47.2 Å². The van der Waals surface area contributed by atoms with Crippen molar-refractivity contribution >= 4 is 41.4 Å². The minimum absolute atomic E-state index is 0.0123. The van der Waals surface area contributed by atoms with E-state index in [0.29, 0.717) is 5.56 Å². The van der Waals surface area contributed by atoms with E-state index >= 15 is 0 Å². The molecule has 17 nitrogen and oxygen atoms in total. The van der Waals surface area contributed by atoms with Crippen molar-refractivity contribution in [3.05, 3.63) is 71.8 Å². The molecule has 0 heterocycles. The fourth-order valence-electron chi connectivity index (χ4n) is 5.11. The Kier molecular flexibility index (Phi) is 19.3. The molecule has 4 atom stereocenters. The number of carbonyl (C=O) groups is 7. The van der Waals surface area contributed by atoms with Crippen LogP contribution in [0.3, 0.4) is 0 Å². The Balaban J connectivity index is 2.26. The van der Waals surface area contributed by atoms with Gasteiger partial charge in [-0.25, -0.2) is 0 Å². The molecule has 0 aliphatic heterocycles. The Morgan fingerprint density at radius 3 is 1.74 bits per heavy atom. The molecular formula is C37H53N7O10. The number of aliphatic hydroxyl groups excluding tert-OH is 1. The van der Waals surface area contributed by atoms with Gasteiger partial charge in [-0.2, -0.15) is 0 Å². The van der Waals surface area contributed by atoms with Gasteiger partial charge in [-0.05, 0) is 25.0 Å². The molecule has 54 heavy (non-hydrogen) atoms. The average molecular weight is 756 g/mol. The second-order valence-corrected chi connectivity index (χ2v) is 12.6.